The van der Waals surface area contributed by atoms with E-state index < -0.39 is 11.7 Å². The number of anilines is 1. The van der Waals surface area contributed by atoms with Crippen molar-refractivity contribution in [3.05, 3.63) is 34.0 Å². The molecule has 2 rings (SSSR count). The molecule has 4 nitrogen and oxygen atoms in total. The number of alkyl halides is 3. The molecular formula is C16H16ClF3N4S. The van der Waals surface area contributed by atoms with E-state index in [0.29, 0.717) is 28.5 Å². The van der Waals surface area contributed by atoms with Gasteiger partial charge in [0.05, 0.1) is 21.2 Å². The molecule has 1 heterocycles. The highest BCUT2D eigenvalue weighted by atomic mass is 35.5. The first-order valence-electron chi connectivity index (χ1n) is 7.31. The van der Waals surface area contributed by atoms with E-state index in [1.807, 2.05) is 31.2 Å². The zero-order chi connectivity index (χ0) is 18.9. The van der Waals surface area contributed by atoms with Crippen molar-refractivity contribution in [2.75, 3.05) is 24.7 Å². The molecule has 0 N–H and O–H groups in total. The number of hydrogen-bond donors (Lipinski definition) is 0. The average molecular weight is 389 g/mol. The zero-order valence-electron chi connectivity index (χ0n) is 14.1. The van der Waals surface area contributed by atoms with Crippen molar-refractivity contribution in [2.45, 2.75) is 24.9 Å². The maximum atomic E-state index is 13.0. The Bertz CT molecular complexity index is 816. The summed E-state index contributed by atoms with van der Waals surface area (Å²) in [4.78, 5) is 2.52. The van der Waals surface area contributed by atoms with Gasteiger partial charge >= 0.3 is 6.18 Å². The average Bonchev–Trinajstić information content (AvgIpc) is 2.90. The fourth-order valence-corrected chi connectivity index (χ4v) is 3.52. The molecule has 0 atom stereocenters. The monoisotopic (exact) mass is 388 g/mol. The van der Waals surface area contributed by atoms with Gasteiger partial charge < -0.3 is 4.90 Å². The minimum Gasteiger partial charge on any atom is -0.359 e. The standard InChI is InChI=1S/C16H16ClF3N4S/c1-5-23(3)15-14(25-4)12(8-21)22-24(15)13-9(2)6-10(7-11(13)17)16(18,19)20/h6-7H,5H2,1-4H3. The summed E-state index contributed by atoms with van der Waals surface area (Å²) < 4.78 is 40.4. The highest BCUT2D eigenvalue weighted by Gasteiger charge is 2.32. The molecule has 0 fully saturated rings. The van der Waals surface area contributed by atoms with Gasteiger partial charge in [0.15, 0.2) is 5.69 Å². The second kappa shape index (κ2) is 7.18. The highest BCUT2D eigenvalue weighted by Crippen LogP contribution is 2.39. The number of nitriles is 1. The topological polar surface area (TPSA) is 44.9 Å². The van der Waals surface area contributed by atoms with Crippen molar-refractivity contribution >= 4 is 29.2 Å². The van der Waals surface area contributed by atoms with Crippen LogP contribution in [0, 0.1) is 18.3 Å². The lowest BCUT2D eigenvalue weighted by Crippen LogP contribution is -2.21. The Morgan fingerprint density at radius 3 is 2.48 bits per heavy atom. The zero-order valence-corrected chi connectivity index (χ0v) is 15.6. The van der Waals surface area contributed by atoms with Crippen LogP contribution in [0.15, 0.2) is 17.0 Å². The van der Waals surface area contributed by atoms with Crippen LogP contribution >= 0.6 is 23.4 Å². The van der Waals surface area contributed by atoms with E-state index in [2.05, 4.69) is 5.10 Å². The first-order valence-corrected chi connectivity index (χ1v) is 8.91. The molecule has 1 aromatic carbocycles. The van der Waals surface area contributed by atoms with Crippen LogP contribution in [-0.2, 0) is 6.18 Å². The molecule has 1 aromatic heterocycles. The molecule has 0 bridgehead atoms. The Labute approximate surface area is 153 Å². The van der Waals surface area contributed by atoms with E-state index in [0.717, 1.165) is 12.1 Å². The van der Waals surface area contributed by atoms with Crippen LogP contribution in [0.5, 0.6) is 0 Å². The van der Waals surface area contributed by atoms with E-state index in [4.69, 9.17) is 11.6 Å². The van der Waals surface area contributed by atoms with Gasteiger partial charge in [-0.25, -0.2) is 4.68 Å². The van der Waals surface area contributed by atoms with Gasteiger partial charge in [-0.3, -0.25) is 0 Å². The molecule has 0 aliphatic rings. The molecule has 0 unspecified atom stereocenters. The molecule has 0 radical (unpaired) electrons. The van der Waals surface area contributed by atoms with Crippen LogP contribution in [0.2, 0.25) is 5.02 Å². The minimum absolute atomic E-state index is 0.0716. The summed E-state index contributed by atoms with van der Waals surface area (Å²) >= 11 is 7.53. The summed E-state index contributed by atoms with van der Waals surface area (Å²) in [5.74, 6) is 0.622. The summed E-state index contributed by atoms with van der Waals surface area (Å²) in [6, 6.07) is 3.94. The molecule has 0 spiro atoms. The summed E-state index contributed by atoms with van der Waals surface area (Å²) in [6.07, 6.45) is -2.67. The molecule has 0 aliphatic heterocycles. The molecular weight excluding hydrogens is 373 g/mol. The number of halogens is 4. The molecule has 9 heteroatoms. The summed E-state index contributed by atoms with van der Waals surface area (Å²) in [7, 11) is 1.82. The van der Waals surface area contributed by atoms with E-state index in [1.54, 1.807) is 6.92 Å². The number of nitrogens with zero attached hydrogens (tertiary/aromatic N) is 4. The SMILES string of the molecule is CCN(C)c1c(SC)c(C#N)nn1-c1c(C)cc(C(F)(F)F)cc1Cl. The quantitative estimate of drug-likeness (QED) is 0.698. The molecule has 25 heavy (non-hydrogen) atoms. The second-order valence-corrected chi connectivity index (χ2v) is 6.59. The van der Waals surface area contributed by atoms with Crippen molar-refractivity contribution in [1.82, 2.24) is 9.78 Å². The number of aromatic nitrogens is 2. The third-order valence-corrected chi connectivity index (χ3v) is 4.83. The number of hydrogen-bond acceptors (Lipinski definition) is 4. The first-order chi connectivity index (χ1) is 11.6. The smallest absolute Gasteiger partial charge is 0.359 e. The fraction of sp³-hybridized carbons (Fsp3) is 0.375. The fourth-order valence-electron chi connectivity index (χ4n) is 2.47. The van der Waals surface area contributed by atoms with Crippen molar-refractivity contribution in [1.29, 1.82) is 5.26 Å². The van der Waals surface area contributed by atoms with Gasteiger partial charge in [-0.2, -0.15) is 23.5 Å². The van der Waals surface area contributed by atoms with Crippen molar-refractivity contribution < 1.29 is 13.2 Å². The largest absolute Gasteiger partial charge is 0.416 e. The van der Waals surface area contributed by atoms with Crippen LogP contribution in [0.4, 0.5) is 19.0 Å². The molecule has 0 saturated carbocycles. The van der Waals surface area contributed by atoms with Gasteiger partial charge in [0.25, 0.3) is 0 Å². The minimum atomic E-state index is -4.48. The summed E-state index contributed by atoms with van der Waals surface area (Å²) in [5.41, 5.74) is 0.0482. The van der Waals surface area contributed by atoms with Crippen molar-refractivity contribution in [3.8, 4) is 11.8 Å². The summed E-state index contributed by atoms with van der Waals surface area (Å²) in [5, 5.41) is 13.5. The number of rotatable bonds is 4. The number of aryl methyl sites for hydroxylation is 1. The van der Waals surface area contributed by atoms with Crippen LogP contribution in [-0.4, -0.2) is 29.6 Å². The van der Waals surface area contributed by atoms with Gasteiger partial charge in [-0.05, 0) is 37.8 Å². The van der Waals surface area contributed by atoms with E-state index >= 15 is 0 Å². The Morgan fingerprint density at radius 1 is 1.40 bits per heavy atom. The van der Waals surface area contributed by atoms with Gasteiger partial charge in [-0.15, -0.1) is 11.8 Å². The first kappa shape index (κ1) is 19.5. The molecule has 0 aliphatic carbocycles. The van der Waals surface area contributed by atoms with E-state index in [9.17, 15) is 18.4 Å². The lowest BCUT2D eigenvalue weighted by Gasteiger charge is -2.21. The Morgan fingerprint density at radius 2 is 2.04 bits per heavy atom. The molecule has 0 amide bonds. The summed E-state index contributed by atoms with van der Waals surface area (Å²) in [6.45, 7) is 4.09. The van der Waals surface area contributed by atoms with Crippen LogP contribution < -0.4 is 4.90 Å². The molecule has 0 saturated heterocycles. The molecule has 134 valence electrons. The van der Waals surface area contributed by atoms with E-state index in [-0.39, 0.29) is 10.7 Å². The molecule has 2 aromatic rings. The van der Waals surface area contributed by atoms with Crippen molar-refractivity contribution in [3.63, 3.8) is 0 Å². The van der Waals surface area contributed by atoms with Crippen LogP contribution in [0.25, 0.3) is 5.69 Å². The van der Waals surface area contributed by atoms with Crippen LogP contribution in [0.3, 0.4) is 0 Å². The predicted molar refractivity (Wildman–Crippen MR) is 93.8 cm³/mol. The van der Waals surface area contributed by atoms with E-state index in [1.165, 1.54) is 16.4 Å². The number of benzene rings is 1. The Kier molecular flexibility index (Phi) is 5.59. The van der Waals surface area contributed by atoms with Gasteiger partial charge in [0, 0.05) is 13.6 Å². The van der Waals surface area contributed by atoms with Gasteiger partial charge in [0.2, 0.25) is 0 Å². The predicted octanol–water partition coefficient (Wildman–Crippen LogP) is 4.90. The third-order valence-electron chi connectivity index (χ3n) is 3.76. The normalized spacial score (nSPS) is 11.5. The maximum absolute atomic E-state index is 13.0. The van der Waals surface area contributed by atoms with Gasteiger partial charge in [-0.1, -0.05) is 11.6 Å². The lowest BCUT2D eigenvalue weighted by atomic mass is 10.1. The van der Waals surface area contributed by atoms with Gasteiger partial charge in [0.1, 0.15) is 11.9 Å². The Hall–Kier alpha value is -1.85. The van der Waals surface area contributed by atoms with Crippen molar-refractivity contribution in [2.24, 2.45) is 0 Å². The Balaban J connectivity index is 2.79. The number of thioether (sulfide) groups is 1. The third kappa shape index (κ3) is 3.58. The second-order valence-electron chi connectivity index (χ2n) is 5.36. The van der Waals surface area contributed by atoms with Crippen LogP contribution in [0.1, 0.15) is 23.7 Å². The highest BCUT2D eigenvalue weighted by molar-refractivity contribution is 7.98. The lowest BCUT2D eigenvalue weighted by molar-refractivity contribution is -0.137. The maximum Gasteiger partial charge on any atom is 0.416 e.